The second-order valence-corrected chi connectivity index (χ2v) is 5.18. The number of carbonyl (C=O) groups is 4. The Morgan fingerprint density at radius 1 is 0.727 bits per heavy atom. The van der Waals surface area contributed by atoms with E-state index in [9.17, 15) is 19.2 Å². The summed E-state index contributed by atoms with van der Waals surface area (Å²) in [5.74, 6) is -0.992. The van der Waals surface area contributed by atoms with Gasteiger partial charge in [-0.1, -0.05) is 26.7 Å². The van der Waals surface area contributed by atoms with E-state index in [1.54, 1.807) is 0 Å². The first kappa shape index (κ1) is 17.8. The first-order valence-corrected chi connectivity index (χ1v) is 7.59. The molecule has 22 heavy (non-hydrogen) atoms. The molecule has 6 heteroatoms. The summed E-state index contributed by atoms with van der Waals surface area (Å²) in [7, 11) is 0. The average Bonchev–Trinajstić information content (AvgIpc) is 2.96. The highest BCUT2D eigenvalue weighted by atomic mass is 16.2. The molecular weight excluding hydrogens is 284 g/mol. The van der Waals surface area contributed by atoms with Crippen LogP contribution in [0.5, 0.6) is 0 Å². The number of carbonyl (C=O) groups excluding carboxylic acids is 4. The van der Waals surface area contributed by atoms with E-state index in [0.717, 1.165) is 25.7 Å². The van der Waals surface area contributed by atoms with Crippen LogP contribution < -0.4 is 10.6 Å². The number of hydrogen-bond donors (Lipinski definition) is 2. The molecule has 0 aliphatic carbocycles. The molecule has 0 aromatic carbocycles. The highest BCUT2D eigenvalue weighted by molar-refractivity contribution is 6.16. The Balaban J connectivity index is 0.000000220. The summed E-state index contributed by atoms with van der Waals surface area (Å²) in [5, 5.41) is 4.41. The van der Waals surface area contributed by atoms with Crippen molar-refractivity contribution in [2.45, 2.75) is 52.4 Å². The molecule has 120 valence electrons. The van der Waals surface area contributed by atoms with Crippen LogP contribution in [0.15, 0.2) is 23.3 Å². The lowest BCUT2D eigenvalue weighted by atomic mass is 10.1. The highest BCUT2D eigenvalue weighted by Gasteiger charge is 2.19. The van der Waals surface area contributed by atoms with Gasteiger partial charge in [0.25, 0.3) is 23.6 Å². The molecular formula is C16H22N2O4. The normalized spacial score (nSPS) is 16.6. The zero-order chi connectivity index (χ0) is 16.5. The van der Waals surface area contributed by atoms with Gasteiger partial charge in [-0.3, -0.25) is 29.8 Å². The van der Waals surface area contributed by atoms with Gasteiger partial charge in [-0.15, -0.1) is 0 Å². The van der Waals surface area contributed by atoms with Gasteiger partial charge in [0.1, 0.15) is 0 Å². The predicted molar refractivity (Wildman–Crippen MR) is 81.5 cm³/mol. The average molecular weight is 306 g/mol. The third kappa shape index (κ3) is 5.63. The van der Waals surface area contributed by atoms with E-state index >= 15 is 0 Å². The maximum Gasteiger partial charge on any atom is 0.254 e. The van der Waals surface area contributed by atoms with Crippen molar-refractivity contribution < 1.29 is 19.2 Å². The van der Waals surface area contributed by atoms with Crippen LogP contribution >= 0.6 is 0 Å². The lowest BCUT2D eigenvalue weighted by Crippen LogP contribution is -2.22. The SMILES string of the molecule is CCCCC1=CC(=O)NC1=O.CCCCC1=CC(=O)NC1=O. The molecule has 6 nitrogen and oxygen atoms in total. The summed E-state index contributed by atoms with van der Waals surface area (Å²) in [6.45, 7) is 4.10. The molecule has 0 aromatic rings. The lowest BCUT2D eigenvalue weighted by molar-refractivity contribution is -0.125. The number of imide groups is 2. The number of rotatable bonds is 6. The van der Waals surface area contributed by atoms with Crippen LogP contribution in [0.2, 0.25) is 0 Å². The van der Waals surface area contributed by atoms with Crippen molar-refractivity contribution >= 4 is 23.6 Å². The van der Waals surface area contributed by atoms with Gasteiger partial charge in [-0.2, -0.15) is 0 Å². The van der Waals surface area contributed by atoms with Crippen molar-refractivity contribution in [2.75, 3.05) is 0 Å². The summed E-state index contributed by atoms with van der Waals surface area (Å²) in [6, 6.07) is 0. The fourth-order valence-electron chi connectivity index (χ4n) is 2.01. The summed E-state index contributed by atoms with van der Waals surface area (Å²) >= 11 is 0. The van der Waals surface area contributed by atoms with Gasteiger partial charge in [0, 0.05) is 23.3 Å². The molecule has 0 saturated carbocycles. The van der Waals surface area contributed by atoms with E-state index < -0.39 is 0 Å². The Hall–Kier alpha value is -2.24. The van der Waals surface area contributed by atoms with Crippen molar-refractivity contribution in [1.82, 2.24) is 10.6 Å². The Bertz CT molecular complexity index is 484. The van der Waals surface area contributed by atoms with Crippen LogP contribution in [0.1, 0.15) is 52.4 Å². The van der Waals surface area contributed by atoms with Gasteiger partial charge < -0.3 is 0 Å². The van der Waals surface area contributed by atoms with Gasteiger partial charge in [0.2, 0.25) is 0 Å². The second kappa shape index (κ2) is 8.92. The van der Waals surface area contributed by atoms with Gasteiger partial charge in [0.05, 0.1) is 0 Å². The molecule has 0 unspecified atom stereocenters. The zero-order valence-electron chi connectivity index (χ0n) is 13.0. The molecule has 0 fully saturated rings. The molecule has 0 spiro atoms. The minimum Gasteiger partial charge on any atom is -0.289 e. The van der Waals surface area contributed by atoms with E-state index in [1.165, 1.54) is 12.2 Å². The molecule has 4 amide bonds. The third-order valence-corrected chi connectivity index (χ3v) is 3.27. The summed E-state index contributed by atoms with van der Waals surface area (Å²) in [5.41, 5.74) is 1.24. The lowest BCUT2D eigenvalue weighted by Gasteiger charge is -1.95. The predicted octanol–water partition coefficient (Wildman–Crippen LogP) is 1.52. The largest absolute Gasteiger partial charge is 0.289 e. The van der Waals surface area contributed by atoms with Gasteiger partial charge in [-0.05, 0) is 25.7 Å². The van der Waals surface area contributed by atoms with Crippen LogP contribution in [0.3, 0.4) is 0 Å². The number of nitrogens with one attached hydrogen (secondary N) is 2. The summed E-state index contributed by atoms with van der Waals surface area (Å²) < 4.78 is 0. The van der Waals surface area contributed by atoms with Crippen LogP contribution in [-0.4, -0.2) is 23.6 Å². The molecule has 0 saturated heterocycles. The summed E-state index contributed by atoms with van der Waals surface area (Å²) in [6.07, 6.45) is 8.22. The van der Waals surface area contributed by atoms with Crippen LogP contribution in [0, 0.1) is 0 Å². The summed E-state index contributed by atoms with van der Waals surface area (Å²) in [4.78, 5) is 43.0. The van der Waals surface area contributed by atoms with Crippen molar-refractivity contribution in [2.24, 2.45) is 0 Å². The molecule has 0 atom stereocenters. The Morgan fingerprint density at radius 3 is 1.32 bits per heavy atom. The van der Waals surface area contributed by atoms with E-state index in [1.807, 2.05) is 0 Å². The van der Waals surface area contributed by atoms with E-state index in [4.69, 9.17) is 0 Å². The van der Waals surface area contributed by atoms with Crippen LogP contribution in [0.4, 0.5) is 0 Å². The number of amides is 4. The van der Waals surface area contributed by atoms with Crippen LogP contribution in [-0.2, 0) is 19.2 Å². The smallest absolute Gasteiger partial charge is 0.254 e. The van der Waals surface area contributed by atoms with E-state index in [2.05, 4.69) is 24.5 Å². The number of hydrogen-bond acceptors (Lipinski definition) is 4. The molecule has 0 aromatic heterocycles. The molecule has 2 N–H and O–H groups in total. The van der Waals surface area contributed by atoms with Gasteiger partial charge >= 0.3 is 0 Å². The highest BCUT2D eigenvalue weighted by Crippen LogP contribution is 2.11. The van der Waals surface area contributed by atoms with Crippen molar-refractivity contribution in [3.8, 4) is 0 Å². The van der Waals surface area contributed by atoms with Crippen molar-refractivity contribution in [3.63, 3.8) is 0 Å². The van der Waals surface area contributed by atoms with Gasteiger partial charge in [-0.25, -0.2) is 0 Å². The third-order valence-electron chi connectivity index (χ3n) is 3.27. The quantitative estimate of drug-likeness (QED) is 0.728. The maximum atomic E-state index is 10.9. The minimum absolute atomic E-state index is 0.219. The van der Waals surface area contributed by atoms with E-state index in [-0.39, 0.29) is 23.6 Å². The molecule has 2 heterocycles. The molecule has 0 radical (unpaired) electrons. The van der Waals surface area contributed by atoms with Crippen molar-refractivity contribution in [1.29, 1.82) is 0 Å². The maximum absolute atomic E-state index is 10.9. The molecule has 2 aliphatic heterocycles. The van der Waals surface area contributed by atoms with Crippen molar-refractivity contribution in [3.05, 3.63) is 23.3 Å². The zero-order valence-corrected chi connectivity index (χ0v) is 13.0. The fraction of sp³-hybridized carbons (Fsp3) is 0.500. The molecule has 2 rings (SSSR count). The monoisotopic (exact) mass is 306 g/mol. The number of unbranched alkanes of at least 4 members (excludes halogenated alkanes) is 2. The standard InChI is InChI=1S/2C8H11NO2/c2*1-2-3-4-6-5-7(10)9-8(6)11/h2*5H,2-4H2,1H3,(H,9,10,11). The molecule has 0 bridgehead atoms. The van der Waals surface area contributed by atoms with Crippen LogP contribution in [0.25, 0.3) is 0 Å². The van der Waals surface area contributed by atoms with Gasteiger partial charge in [0.15, 0.2) is 0 Å². The first-order valence-electron chi connectivity index (χ1n) is 7.59. The Morgan fingerprint density at radius 2 is 1.09 bits per heavy atom. The first-order chi connectivity index (χ1) is 10.5. The minimum atomic E-state index is -0.277. The fourth-order valence-corrected chi connectivity index (χ4v) is 2.01. The second-order valence-electron chi connectivity index (χ2n) is 5.18. The topological polar surface area (TPSA) is 92.3 Å². The Kier molecular flexibility index (Phi) is 7.22. The van der Waals surface area contributed by atoms with E-state index in [0.29, 0.717) is 24.0 Å². The Labute approximate surface area is 130 Å². The molecule has 2 aliphatic rings.